The van der Waals surface area contributed by atoms with Crippen LogP contribution in [0.2, 0.25) is 5.02 Å². The number of carbonyl (C=O) groups excluding carboxylic acids is 4. The number of carbonyl (C=O) groups is 4. The molecule has 15 heteroatoms. The van der Waals surface area contributed by atoms with Crippen LogP contribution in [0.1, 0.15) is 30.9 Å². The molecule has 236 valence electrons. The lowest BCUT2D eigenvalue weighted by Crippen LogP contribution is -2.40. The Hall–Kier alpha value is -4.98. The number of anilines is 1. The van der Waals surface area contributed by atoms with Crippen LogP contribution in [0.5, 0.6) is 0 Å². The SMILES string of the molecule is O=C(CCCNc1nc2ccccc2[nH]1)NCC(=O)NC(CC(=O)OC(=O)C(F)(F)F)c1ccc(-c2ccccc2)c(F)c1Cl. The first-order valence-electron chi connectivity index (χ1n) is 13.5. The maximum Gasteiger partial charge on any atom is 0.491 e. The summed E-state index contributed by atoms with van der Waals surface area (Å²) >= 11 is 6.25. The lowest BCUT2D eigenvalue weighted by Gasteiger charge is -2.21. The summed E-state index contributed by atoms with van der Waals surface area (Å²) in [5.41, 5.74) is 2.01. The third kappa shape index (κ3) is 9.01. The number of fused-ring (bicyclic) bond motifs is 1. The van der Waals surface area contributed by atoms with E-state index in [1.807, 2.05) is 24.3 Å². The van der Waals surface area contributed by atoms with Crippen LogP contribution in [-0.4, -0.2) is 53.0 Å². The van der Waals surface area contributed by atoms with Gasteiger partial charge in [0.05, 0.1) is 35.1 Å². The second kappa shape index (κ2) is 14.7. The van der Waals surface area contributed by atoms with Gasteiger partial charge in [-0.1, -0.05) is 66.2 Å². The number of hydrogen-bond acceptors (Lipinski definition) is 7. The van der Waals surface area contributed by atoms with Crippen molar-refractivity contribution < 1.29 is 41.5 Å². The summed E-state index contributed by atoms with van der Waals surface area (Å²) in [6.07, 6.45) is -6.02. The second-order valence-electron chi connectivity index (χ2n) is 9.69. The van der Waals surface area contributed by atoms with Crippen LogP contribution < -0.4 is 16.0 Å². The molecule has 4 aromatic rings. The highest BCUT2D eigenvalue weighted by atomic mass is 35.5. The summed E-state index contributed by atoms with van der Waals surface area (Å²) in [7, 11) is 0. The van der Waals surface area contributed by atoms with Gasteiger partial charge < -0.3 is 25.7 Å². The Balaban J connectivity index is 1.36. The quantitative estimate of drug-likeness (QED) is 0.0716. The number of halogens is 5. The van der Waals surface area contributed by atoms with E-state index in [1.54, 1.807) is 30.3 Å². The number of para-hydroxylation sites is 2. The summed E-state index contributed by atoms with van der Waals surface area (Å²) in [5, 5.41) is 7.27. The normalized spacial score (nSPS) is 11.9. The van der Waals surface area contributed by atoms with Gasteiger partial charge in [0.1, 0.15) is 5.82 Å². The highest BCUT2D eigenvalue weighted by Crippen LogP contribution is 2.34. The number of amides is 2. The number of nitrogens with one attached hydrogen (secondary N) is 4. The number of ether oxygens (including phenoxy) is 1. The topological polar surface area (TPSA) is 142 Å². The predicted molar refractivity (Wildman–Crippen MR) is 156 cm³/mol. The van der Waals surface area contributed by atoms with E-state index in [-0.39, 0.29) is 17.5 Å². The molecule has 4 rings (SSSR count). The highest BCUT2D eigenvalue weighted by Gasteiger charge is 2.42. The van der Waals surface area contributed by atoms with E-state index in [9.17, 15) is 32.3 Å². The van der Waals surface area contributed by atoms with E-state index in [0.717, 1.165) is 11.0 Å². The molecule has 0 aliphatic carbocycles. The molecule has 0 spiro atoms. The zero-order chi connectivity index (χ0) is 32.6. The fourth-order valence-electron chi connectivity index (χ4n) is 4.29. The largest absolute Gasteiger partial charge is 0.491 e. The van der Waals surface area contributed by atoms with Crippen molar-refractivity contribution in [3.63, 3.8) is 0 Å². The molecule has 1 atom stereocenters. The molecule has 4 N–H and O–H groups in total. The van der Waals surface area contributed by atoms with E-state index in [0.29, 0.717) is 24.5 Å². The van der Waals surface area contributed by atoms with E-state index in [2.05, 4.69) is 30.7 Å². The Morgan fingerprint density at radius 1 is 0.956 bits per heavy atom. The molecule has 0 saturated carbocycles. The number of aromatic nitrogens is 2. The van der Waals surface area contributed by atoms with Crippen LogP contribution in [0.25, 0.3) is 22.2 Å². The molecule has 45 heavy (non-hydrogen) atoms. The third-order valence-corrected chi connectivity index (χ3v) is 6.81. The fourth-order valence-corrected chi connectivity index (χ4v) is 4.58. The van der Waals surface area contributed by atoms with Crippen LogP contribution in [0.15, 0.2) is 66.7 Å². The molecule has 0 aliphatic heterocycles. The van der Waals surface area contributed by atoms with Gasteiger partial charge >= 0.3 is 18.1 Å². The molecule has 0 aliphatic rings. The molecule has 1 aromatic heterocycles. The maximum absolute atomic E-state index is 15.3. The number of rotatable bonds is 12. The average molecular weight is 648 g/mol. The first kappa shape index (κ1) is 32.9. The lowest BCUT2D eigenvalue weighted by atomic mass is 9.98. The molecule has 10 nitrogen and oxygen atoms in total. The number of benzene rings is 3. The summed E-state index contributed by atoms with van der Waals surface area (Å²) in [5.74, 6) is -6.14. The van der Waals surface area contributed by atoms with Gasteiger partial charge in [-0.3, -0.25) is 14.4 Å². The molecular formula is C30H26ClF4N5O5. The lowest BCUT2D eigenvalue weighted by molar-refractivity contribution is -0.202. The van der Waals surface area contributed by atoms with Gasteiger partial charge in [0.15, 0.2) is 0 Å². The molecule has 0 radical (unpaired) electrons. The Kier molecular flexibility index (Phi) is 10.7. The van der Waals surface area contributed by atoms with E-state index < -0.39 is 59.8 Å². The summed E-state index contributed by atoms with van der Waals surface area (Å²) < 4.78 is 56.9. The fraction of sp³-hybridized carbons (Fsp3) is 0.233. The van der Waals surface area contributed by atoms with Crippen LogP contribution in [0, 0.1) is 5.82 Å². The number of imidazole rings is 1. The van der Waals surface area contributed by atoms with Gasteiger partial charge in [0.2, 0.25) is 17.8 Å². The maximum atomic E-state index is 15.3. The number of nitrogens with zero attached hydrogens (tertiary/aromatic N) is 1. The van der Waals surface area contributed by atoms with Gasteiger partial charge in [-0.25, -0.2) is 14.2 Å². The number of H-pyrrole nitrogens is 1. The van der Waals surface area contributed by atoms with Crippen molar-refractivity contribution in [2.75, 3.05) is 18.4 Å². The number of aromatic amines is 1. The van der Waals surface area contributed by atoms with Crippen molar-refractivity contribution in [1.29, 1.82) is 0 Å². The van der Waals surface area contributed by atoms with Gasteiger partial charge in [-0.15, -0.1) is 0 Å². The molecule has 0 fully saturated rings. The molecule has 1 unspecified atom stereocenters. The van der Waals surface area contributed by atoms with Crippen LogP contribution in [0.4, 0.5) is 23.5 Å². The van der Waals surface area contributed by atoms with Crippen molar-refractivity contribution in [1.82, 2.24) is 20.6 Å². The summed E-state index contributed by atoms with van der Waals surface area (Å²) in [6.45, 7) is -0.186. The zero-order valence-corrected chi connectivity index (χ0v) is 24.1. The summed E-state index contributed by atoms with van der Waals surface area (Å²) in [6, 6.07) is 16.8. The monoisotopic (exact) mass is 647 g/mol. The first-order chi connectivity index (χ1) is 21.4. The Labute approximate surface area is 258 Å². The standard InChI is InChI=1S/C30H26ClF4N5O5/c31-26-19(13-12-18(27(26)32)17-7-2-1-3-8-17)22(15-25(43)45-28(44)30(33,34)35)38-24(42)16-37-23(41)11-6-14-36-29-39-20-9-4-5-10-21(20)40-29/h1-5,7-10,12-13,22H,6,11,14-16H2,(H,37,41)(H,38,42)(H2,36,39,40). The molecule has 0 saturated heterocycles. The van der Waals surface area contributed by atoms with Crippen molar-refractivity contribution in [2.24, 2.45) is 0 Å². The minimum Gasteiger partial charge on any atom is -0.386 e. The van der Waals surface area contributed by atoms with Gasteiger partial charge in [-0.2, -0.15) is 13.2 Å². The van der Waals surface area contributed by atoms with Crippen LogP contribution in [-0.2, 0) is 23.9 Å². The average Bonchev–Trinajstić information content (AvgIpc) is 3.42. The smallest absolute Gasteiger partial charge is 0.386 e. The van der Waals surface area contributed by atoms with Crippen molar-refractivity contribution in [2.45, 2.75) is 31.5 Å². The van der Waals surface area contributed by atoms with Crippen molar-refractivity contribution in [3.8, 4) is 11.1 Å². The van der Waals surface area contributed by atoms with Crippen molar-refractivity contribution >= 4 is 52.3 Å². The second-order valence-corrected chi connectivity index (χ2v) is 10.1. The minimum atomic E-state index is -5.44. The van der Waals surface area contributed by atoms with Gasteiger partial charge in [0, 0.05) is 18.5 Å². The van der Waals surface area contributed by atoms with E-state index >= 15 is 4.39 Å². The highest BCUT2D eigenvalue weighted by molar-refractivity contribution is 6.32. The van der Waals surface area contributed by atoms with E-state index in [4.69, 9.17) is 11.6 Å². The van der Waals surface area contributed by atoms with Gasteiger partial charge in [0.25, 0.3) is 0 Å². The Morgan fingerprint density at radius 3 is 2.38 bits per heavy atom. The summed E-state index contributed by atoms with van der Waals surface area (Å²) in [4.78, 5) is 55.8. The van der Waals surface area contributed by atoms with Crippen LogP contribution in [0.3, 0.4) is 0 Å². The Bertz CT molecular complexity index is 1660. The molecule has 1 heterocycles. The van der Waals surface area contributed by atoms with Gasteiger partial charge in [-0.05, 0) is 29.7 Å². The predicted octanol–water partition coefficient (Wildman–Crippen LogP) is 5.21. The molecule has 3 aromatic carbocycles. The molecule has 2 amide bonds. The first-order valence-corrected chi connectivity index (χ1v) is 13.9. The minimum absolute atomic E-state index is 0.0355. The molecule has 0 bridgehead atoms. The van der Waals surface area contributed by atoms with Crippen molar-refractivity contribution in [3.05, 3.63) is 83.1 Å². The molecular weight excluding hydrogens is 622 g/mol. The van der Waals surface area contributed by atoms with E-state index in [1.165, 1.54) is 12.1 Å². The number of hydrogen-bond donors (Lipinski definition) is 4. The number of esters is 2. The number of alkyl halides is 3. The third-order valence-electron chi connectivity index (χ3n) is 6.42. The van der Waals surface area contributed by atoms with Crippen LogP contribution >= 0.6 is 11.6 Å². The zero-order valence-electron chi connectivity index (χ0n) is 23.3. The Morgan fingerprint density at radius 2 is 1.67 bits per heavy atom.